The molecule has 1 aliphatic rings. The van der Waals surface area contributed by atoms with Crippen molar-refractivity contribution in [1.29, 1.82) is 0 Å². The third-order valence-corrected chi connectivity index (χ3v) is 5.39. The van der Waals surface area contributed by atoms with E-state index < -0.39 is 11.9 Å². The lowest BCUT2D eigenvalue weighted by atomic mass is 10.2. The Morgan fingerprint density at radius 2 is 2.22 bits per heavy atom. The summed E-state index contributed by atoms with van der Waals surface area (Å²) >= 11 is 6.69. The maximum Gasteiger partial charge on any atom is 0.331 e. The Morgan fingerprint density at radius 1 is 1.44 bits per heavy atom. The molecular formula is C17H17BrIN3O4S. The Hall–Kier alpha value is -1.40. The van der Waals surface area contributed by atoms with E-state index in [2.05, 4.69) is 65.7 Å². The molecule has 1 fully saturated rings. The van der Waals surface area contributed by atoms with Crippen LogP contribution in [0.2, 0.25) is 0 Å². The number of halogens is 2. The molecule has 0 unspecified atom stereocenters. The largest absolute Gasteiger partial charge is 0.492 e. The molecule has 144 valence electrons. The fraction of sp³-hybridized carbons (Fsp3) is 0.294. The Balaban J connectivity index is 2.16. The summed E-state index contributed by atoms with van der Waals surface area (Å²) in [7, 11) is 1.25. The number of hydrogen-bond acceptors (Lipinski definition) is 7. The number of unbranched alkanes of at least 4 members (excludes halogenated alkanes) is 1. The van der Waals surface area contributed by atoms with Gasteiger partial charge in [0.15, 0.2) is 5.17 Å². The molecule has 0 aliphatic carbocycles. The van der Waals surface area contributed by atoms with E-state index in [1.165, 1.54) is 7.11 Å². The summed E-state index contributed by atoms with van der Waals surface area (Å²) < 4.78 is 12.2. The Morgan fingerprint density at radius 3 is 2.93 bits per heavy atom. The van der Waals surface area contributed by atoms with Crippen LogP contribution in [0.1, 0.15) is 25.3 Å². The average Bonchev–Trinajstić information content (AvgIpc) is 2.96. The number of amides is 1. The van der Waals surface area contributed by atoms with Crippen molar-refractivity contribution in [2.75, 3.05) is 13.7 Å². The van der Waals surface area contributed by atoms with Gasteiger partial charge in [-0.25, -0.2) is 4.79 Å². The number of thioether (sulfide) groups is 1. The molecule has 27 heavy (non-hydrogen) atoms. The maximum absolute atomic E-state index is 11.8. The van der Waals surface area contributed by atoms with E-state index in [0.717, 1.165) is 50.0 Å². The highest BCUT2D eigenvalue weighted by Gasteiger charge is 2.25. The van der Waals surface area contributed by atoms with E-state index in [0.29, 0.717) is 6.61 Å². The molecule has 1 heterocycles. The standard InChI is InChI=1S/C17H17BrIN3O4S/c1-3-4-5-26-15-10(6-11(18)7-12(15)19)9-20-22-17-21-16(24)13(27-17)8-14(23)25-2/h6-9H,3-5H2,1-2H3,(H,21,22,24)/b13-8+,20-9?. The smallest absolute Gasteiger partial charge is 0.331 e. The number of benzene rings is 1. The van der Waals surface area contributed by atoms with E-state index in [1.807, 2.05) is 12.1 Å². The quantitative estimate of drug-likeness (QED) is 0.135. The second-order valence-corrected chi connectivity index (χ2v) is 8.35. The van der Waals surface area contributed by atoms with E-state index in [4.69, 9.17) is 4.74 Å². The number of esters is 1. The van der Waals surface area contributed by atoms with E-state index in [1.54, 1.807) is 6.21 Å². The van der Waals surface area contributed by atoms with Gasteiger partial charge in [-0.05, 0) is 52.9 Å². The zero-order valence-corrected chi connectivity index (χ0v) is 19.2. The molecule has 0 atom stereocenters. The fourth-order valence-electron chi connectivity index (χ4n) is 1.93. The molecule has 2 rings (SSSR count). The predicted octanol–water partition coefficient (Wildman–Crippen LogP) is 3.84. The first-order valence-electron chi connectivity index (χ1n) is 7.96. The fourth-order valence-corrected chi connectivity index (χ4v) is 4.38. The molecule has 0 bridgehead atoms. The summed E-state index contributed by atoms with van der Waals surface area (Å²) in [5.41, 5.74) is 0.772. The first-order valence-corrected chi connectivity index (χ1v) is 10.6. The van der Waals surface area contributed by atoms with Crippen LogP contribution in [0.3, 0.4) is 0 Å². The SMILES string of the molecule is CCCCOc1c(I)cc(Br)cc1C=N/N=C1/NC(=O)/C(=C\C(=O)OC)S1. The zero-order valence-electron chi connectivity index (χ0n) is 14.6. The van der Waals surface area contributed by atoms with Crippen molar-refractivity contribution in [2.24, 2.45) is 10.2 Å². The minimum absolute atomic E-state index is 0.205. The third kappa shape index (κ3) is 6.61. The Bertz CT molecular complexity index is 827. The summed E-state index contributed by atoms with van der Waals surface area (Å²) in [5.74, 6) is -0.277. The molecule has 0 radical (unpaired) electrons. The van der Waals surface area contributed by atoms with Gasteiger partial charge in [0.05, 0.1) is 28.4 Å². The summed E-state index contributed by atoms with van der Waals surface area (Å²) in [6, 6.07) is 3.85. The molecular weight excluding hydrogens is 549 g/mol. The van der Waals surface area contributed by atoms with Crippen LogP contribution in [-0.2, 0) is 14.3 Å². The molecule has 1 aromatic carbocycles. The molecule has 0 aromatic heterocycles. The highest BCUT2D eigenvalue weighted by Crippen LogP contribution is 2.29. The second-order valence-electron chi connectivity index (χ2n) is 5.25. The highest BCUT2D eigenvalue weighted by molar-refractivity contribution is 14.1. The molecule has 1 aromatic rings. The van der Waals surface area contributed by atoms with Crippen molar-refractivity contribution < 1.29 is 19.1 Å². The summed E-state index contributed by atoms with van der Waals surface area (Å²) in [5, 5.41) is 10.9. The monoisotopic (exact) mass is 565 g/mol. The van der Waals surface area contributed by atoms with E-state index >= 15 is 0 Å². The van der Waals surface area contributed by atoms with Crippen LogP contribution >= 0.6 is 50.3 Å². The molecule has 0 saturated carbocycles. The molecule has 7 nitrogen and oxygen atoms in total. The van der Waals surface area contributed by atoms with Crippen molar-refractivity contribution in [1.82, 2.24) is 5.32 Å². The maximum atomic E-state index is 11.8. The van der Waals surface area contributed by atoms with Gasteiger partial charge in [0.2, 0.25) is 0 Å². The molecule has 0 spiro atoms. The van der Waals surface area contributed by atoms with Crippen LogP contribution in [0.15, 0.2) is 37.8 Å². The number of nitrogens with one attached hydrogen (secondary N) is 1. The van der Waals surface area contributed by atoms with E-state index in [-0.39, 0.29) is 10.1 Å². The van der Waals surface area contributed by atoms with Gasteiger partial charge in [-0.3, -0.25) is 10.1 Å². The van der Waals surface area contributed by atoms with Crippen molar-refractivity contribution in [3.63, 3.8) is 0 Å². The van der Waals surface area contributed by atoms with Crippen LogP contribution in [-0.4, -0.2) is 37.0 Å². The number of nitrogens with zero attached hydrogens (tertiary/aromatic N) is 2. The van der Waals surface area contributed by atoms with Crippen LogP contribution in [0.25, 0.3) is 0 Å². The first-order chi connectivity index (χ1) is 12.9. The number of amidine groups is 1. The second kappa shape index (κ2) is 10.8. The van der Waals surface area contributed by atoms with Gasteiger partial charge >= 0.3 is 5.97 Å². The first kappa shape index (κ1) is 21.9. The molecule has 1 saturated heterocycles. The third-order valence-electron chi connectivity index (χ3n) is 3.23. The van der Waals surface area contributed by atoms with Crippen LogP contribution in [0.4, 0.5) is 0 Å². The molecule has 1 amide bonds. The van der Waals surface area contributed by atoms with Gasteiger partial charge in [-0.1, -0.05) is 29.3 Å². The van der Waals surface area contributed by atoms with Gasteiger partial charge in [0, 0.05) is 16.1 Å². The number of hydrogen-bond donors (Lipinski definition) is 1. The zero-order chi connectivity index (χ0) is 19.8. The van der Waals surface area contributed by atoms with Gasteiger partial charge in [-0.2, -0.15) is 5.10 Å². The number of carbonyl (C=O) groups excluding carboxylic acids is 2. The lowest BCUT2D eigenvalue weighted by molar-refractivity contribution is -0.135. The Kier molecular flexibility index (Phi) is 8.77. The summed E-state index contributed by atoms with van der Waals surface area (Å²) in [6.45, 7) is 2.72. The average molecular weight is 566 g/mol. The molecule has 1 aliphatic heterocycles. The van der Waals surface area contributed by atoms with Gasteiger partial charge < -0.3 is 9.47 Å². The van der Waals surface area contributed by atoms with Crippen LogP contribution in [0.5, 0.6) is 5.75 Å². The molecule has 1 N–H and O–H groups in total. The van der Waals surface area contributed by atoms with Crippen LogP contribution in [0, 0.1) is 3.57 Å². The van der Waals surface area contributed by atoms with Crippen LogP contribution < -0.4 is 10.1 Å². The van der Waals surface area contributed by atoms with Crippen molar-refractivity contribution in [2.45, 2.75) is 19.8 Å². The summed E-state index contributed by atoms with van der Waals surface area (Å²) in [6.07, 6.45) is 4.68. The lowest BCUT2D eigenvalue weighted by Crippen LogP contribution is -2.19. The Labute approximate surface area is 183 Å². The topological polar surface area (TPSA) is 89.4 Å². The minimum Gasteiger partial charge on any atom is -0.492 e. The van der Waals surface area contributed by atoms with Crippen molar-refractivity contribution in [3.8, 4) is 5.75 Å². The molecule has 10 heteroatoms. The van der Waals surface area contributed by atoms with Crippen molar-refractivity contribution >= 4 is 73.5 Å². The number of methoxy groups -OCH3 is 1. The lowest BCUT2D eigenvalue weighted by Gasteiger charge is -2.11. The van der Waals surface area contributed by atoms with E-state index in [9.17, 15) is 9.59 Å². The predicted molar refractivity (Wildman–Crippen MR) is 118 cm³/mol. The number of ether oxygens (including phenoxy) is 2. The van der Waals surface area contributed by atoms with Gasteiger partial charge in [-0.15, -0.1) is 5.10 Å². The van der Waals surface area contributed by atoms with Gasteiger partial charge in [0.1, 0.15) is 5.75 Å². The van der Waals surface area contributed by atoms with Crippen molar-refractivity contribution in [3.05, 3.63) is 36.7 Å². The number of rotatable bonds is 7. The highest BCUT2D eigenvalue weighted by atomic mass is 127. The minimum atomic E-state index is -0.602. The summed E-state index contributed by atoms with van der Waals surface area (Å²) in [4.78, 5) is 23.2. The normalized spacial score (nSPS) is 17.0. The van der Waals surface area contributed by atoms with Gasteiger partial charge in [0.25, 0.3) is 5.91 Å². The number of carbonyl (C=O) groups is 2.